The van der Waals surface area contributed by atoms with E-state index in [1.807, 2.05) is 0 Å². The maximum absolute atomic E-state index is 11.7. The normalized spacial score (nSPS) is 19.5. The number of ether oxygens (including phenoxy) is 1. The zero-order valence-electron chi connectivity index (χ0n) is 10.3. The molecule has 1 heterocycles. The predicted molar refractivity (Wildman–Crippen MR) is 64.4 cm³/mol. The topological polar surface area (TPSA) is 58.6 Å². The fraction of sp³-hybridized carbons (Fsp3) is 0.667. The van der Waals surface area contributed by atoms with Crippen LogP contribution in [-0.4, -0.2) is 50.1 Å². The largest absolute Gasteiger partial charge is 0.383 e. The minimum atomic E-state index is -0.218. The van der Waals surface area contributed by atoms with Gasteiger partial charge in [0, 0.05) is 33.2 Å². The summed E-state index contributed by atoms with van der Waals surface area (Å²) in [5, 5.41) is 2.80. The molecule has 0 saturated carbocycles. The molecule has 0 aromatic rings. The van der Waals surface area contributed by atoms with Gasteiger partial charge in [-0.15, -0.1) is 6.58 Å². The van der Waals surface area contributed by atoms with Gasteiger partial charge in [0.15, 0.2) is 0 Å². The van der Waals surface area contributed by atoms with Gasteiger partial charge in [-0.05, 0) is 6.42 Å². The van der Waals surface area contributed by atoms with Crippen molar-refractivity contribution in [1.29, 1.82) is 0 Å². The fourth-order valence-electron chi connectivity index (χ4n) is 1.81. The quantitative estimate of drug-likeness (QED) is 0.510. The van der Waals surface area contributed by atoms with Gasteiger partial charge in [-0.2, -0.15) is 0 Å². The van der Waals surface area contributed by atoms with Crippen molar-refractivity contribution in [1.82, 2.24) is 10.2 Å². The third-order valence-corrected chi connectivity index (χ3v) is 2.80. The van der Waals surface area contributed by atoms with Crippen LogP contribution in [0.5, 0.6) is 0 Å². The lowest BCUT2D eigenvalue weighted by Gasteiger charge is -2.15. The van der Waals surface area contributed by atoms with Gasteiger partial charge in [0.2, 0.25) is 11.8 Å². The molecular formula is C12H20N2O3. The molecule has 17 heavy (non-hydrogen) atoms. The van der Waals surface area contributed by atoms with Crippen LogP contribution in [0.25, 0.3) is 0 Å². The average Bonchev–Trinajstić information content (AvgIpc) is 2.68. The van der Waals surface area contributed by atoms with Crippen LogP contribution in [0.1, 0.15) is 12.8 Å². The number of hydrogen-bond donors (Lipinski definition) is 1. The standard InChI is InChI=1S/C12H20N2O3/c1-3-4-5-13-12(16)10-8-11(15)14(9-10)6-7-17-2/h3,10H,1,4-9H2,2H3,(H,13,16). The van der Waals surface area contributed by atoms with Crippen molar-refractivity contribution < 1.29 is 14.3 Å². The Bertz CT molecular complexity index is 291. The van der Waals surface area contributed by atoms with Crippen molar-refractivity contribution in [3.8, 4) is 0 Å². The van der Waals surface area contributed by atoms with Crippen molar-refractivity contribution in [2.45, 2.75) is 12.8 Å². The van der Waals surface area contributed by atoms with Gasteiger partial charge in [-0.3, -0.25) is 9.59 Å². The zero-order chi connectivity index (χ0) is 12.7. The molecule has 1 aliphatic heterocycles. The Morgan fingerprint density at radius 3 is 3.12 bits per heavy atom. The second-order valence-corrected chi connectivity index (χ2v) is 4.10. The summed E-state index contributed by atoms with van der Waals surface area (Å²) in [7, 11) is 1.60. The SMILES string of the molecule is C=CCCNC(=O)C1CC(=O)N(CCOC)C1. The van der Waals surface area contributed by atoms with Crippen LogP contribution in [0.15, 0.2) is 12.7 Å². The van der Waals surface area contributed by atoms with Crippen LogP contribution >= 0.6 is 0 Å². The summed E-state index contributed by atoms with van der Waals surface area (Å²) in [6, 6.07) is 0. The van der Waals surface area contributed by atoms with Crippen LogP contribution in [0, 0.1) is 5.92 Å². The Morgan fingerprint density at radius 2 is 2.47 bits per heavy atom. The van der Waals surface area contributed by atoms with E-state index in [-0.39, 0.29) is 17.7 Å². The van der Waals surface area contributed by atoms with Crippen LogP contribution in [0.3, 0.4) is 0 Å². The Kier molecular flexibility index (Phi) is 5.69. The first-order chi connectivity index (χ1) is 8.19. The number of carbonyl (C=O) groups excluding carboxylic acids is 2. The van der Waals surface area contributed by atoms with E-state index in [0.717, 1.165) is 6.42 Å². The summed E-state index contributed by atoms with van der Waals surface area (Å²) < 4.78 is 4.92. The number of amides is 2. The summed E-state index contributed by atoms with van der Waals surface area (Å²) in [5.74, 6) is -0.227. The molecule has 0 aliphatic carbocycles. The van der Waals surface area contributed by atoms with E-state index in [1.54, 1.807) is 18.1 Å². The summed E-state index contributed by atoms with van der Waals surface area (Å²) in [6.45, 7) is 5.75. The van der Waals surface area contributed by atoms with Gasteiger partial charge < -0.3 is 15.0 Å². The number of hydrogen-bond acceptors (Lipinski definition) is 3. The molecule has 1 atom stereocenters. The molecule has 2 amide bonds. The fourth-order valence-corrected chi connectivity index (χ4v) is 1.81. The van der Waals surface area contributed by atoms with E-state index < -0.39 is 0 Å². The smallest absolute Gasteiger partial charge is 0.225 e. The second kappa shape index (κ2) is 7.06. The van der Waals surface area contributed by atoms with Gasteiger partial charge in [0.1, 0.15) is 0 Å². The molecule has 1 unspecified atom stereocenters. The maximum Gasteiger partial charge on any atom is 0.225 e. The molecule has 1 saturated heterocycles. The van der Waals surface area contributed by atoms with Crippen molar-refractivity contribution in [2.75, 3.05) is 33.4 Å². The van der Waals surface area contributed by atoms with Crippen molar-refractivity contribution in [2.24, 2.45) is 5.92 Å². The molecule has 96 valence electrons. The highest BCUT2D eigenvalue weighted by Crippen LogP contribution is 2.17. The molecule has 1 N–H and O–H groups in total. The number of methoxy groups -OCH3 is 1. The predicted octanol–water partition coefficient (Wildman–Crippen LogP) is 0.174. The Hall–Kier alpha value is -1.36. The zero-order valence-corrected chi connectivity index (χ0v) is 10.3. The van der Waals surface area contributed by atoms with Crippen molar-refractivity contribution in [3.63, 3.8) is 0 Å². The van der Waals surface area contributed by atoms with Crippen LogP contribution < -0.4 is 5.32 Å². The summed E-state index contributed by atoms with van der Waals surface area (Å²) in [6.07, 6.45) is 2.81. The Labute approximate surface area is 102 Å². The molecule has 0 aromatic heterocycles. The number of likely N-dealkylation sites (tertiary alicyclic amines) is 1. The van der Waals surface area contributed by atoms with Crippen LogP contribution in [0.2, 0.25) is 0 Å². The molecule has 1 aliphatic rings. The molecule has 1 fully saturated rings. The highest BCUT2D eigenvalue weighted by molar-refractivity contribution is 5.89. The first-order valence-corrected chi connectivity index (χ1v) is 5.84. The first-order valence-electron chi connectivity index (χ1n) is 5.84. The number of nitrogens with zero attached hydrogens (tertiary/aromatic N) is 1. The van der Waals surface area contributed by atoms with Gasteiger partial charge in [0.05, 0.1) is 12.5 Å². The van der Waals surface area contributed by atoms with E-state index in [4.69, 9.17) is 4.74 Å². The lowest BCUT2D eigenvalue weighted by atomic mass is 10.1. The molecular weight excluding hydrogens is 220 g/mol. The molecule has 5 nitrogen and oxygen atoms in total. The van der Waals surface area contributed by atoms with E-state index >= 15 is 0 Å². The summed E-state index contributed by atoms with van der Waals surface area (Å²) in [5.41, 5.74) is 0. The van der Waals surface area contributed by atoms with E-state index in [2.05, 4.69) is 11.9 Å². The van der Waals surface area contributed by atoms with Crippen molar-refractivity contribution in [3.05, 3.63) is 12.7 Å². The Morgan fingerprint density at radius 1 is 1.71 bits per heavy atom. The first kappa shape index (κ1) is 13.7. The van der Waals surface area contributed by atoms with Gasteiger partial charge in [-0.25, -0.2) is 0 Å². The number of rotatable bonds is 7. The monoisotopic (exact) mass is 240 g/mol. The maximum atomic E-state index is 11.7. The number of nitrogens with one attached hydrogen (secondary N) is 1. The minimum Gasteiger partial charge on any atom is -0.383 e. The summed E-state index contributed by atoms with van der Waals surface area (Å²) in [4.78, 5) is 25.0. The van der Waals surface area contributed by atoms with Crippen LogP contribution in [0.4, 0.5) is 0 Å². The lowest BCUT2D eigenvalue weighted by molar-refractivity contribution is -0.129. The molecule has 0 radical (unpaired) electrons. The highest BCUT2D eigenvalue weighted by Gasteiger charge is 2.33. The van der Waals surface area contributed by atoms with Gasteiger partial charge in [-0.1, -0.05) is 6.08 Å². The Balaban J connectivity index is 2.34. The van der Waals surface area contributed by atoms with Gasteiger partial charge in [0.25, 0.3) is 0 Å². The number of carbonyl (C=O) groups is 2. The molecule has 5 heteroatoms. The highest BCUT2D eigenvalue weighted by atomic mass is 16.5. The van der Waals surface area contributed by atoms with Gasteiger partial charge >= 0.3 is 0 Å². The third-order valence-electron chi connectivity index (χ3n) is 2.80. The summed E-state index contributed by atoms with van der Waals surface area (Å²) >= 11 is 0. The van der Waals surface area contributed by atoms with E-state index in [0.29, 0.717) is 32.7 Å². The second-order valence-electron chi connectivity index (χ2n) is 4.10. The molecule has 1 rings (SSSR count). The van der Waals surface area contributed by atoms with E-state index in [1.165, 1.54) is 0 Å². The average molecular weight is 240 g/mol. The molecule has 0 spiro atoms. The minimum absolute atomic E-state index is 0.0333. The third kappa shape index (κ3) is 4.19. The molecule has 0 bridgehead atoms. The lowest BCUT2D eigenvalue weighted by Crippen LogP contribution is -2.34. The van der Waals surface area contributed by atoms with E-state index in [9.17, 15) is 9.59 Å². The van der Waals surface area contributed by atoms with Crippen LogP contribution in [-0.2, 0) is 14.3 Å². The van der Waals surface area contributed by atoms with Crippen molar-refractivity contribution >= 4 is 11.8 Å². The molecule has 0 aromatic carbocycles.